The van der Waals surface area contributed by atoms with Crippen LogP contribution in [0.15, 0.2) is 48.5 Å². The molecule has 0 saturated carbocycles. The van der Waals surface area contributed by atoms with Crippen molar-refractivity contribution in [1.82, 2.24) is 19.8 Å². The van der Waals surface area contributed by atoms with Crippen molar-refractivity contribution in [2.24, 2.45) is 0 Å². The Balaban J connectivity index is 1.50. The third-order valence-corrected chi connectivity index (χ3v) is 4.85. The first kappa shape index (κ1) is 17.9. The van der Waals surface area contributed by atoms with E-state index >= 15 is 0 Å². The van der Waals surface area contributed by atoms with Crippen molar-refractivity contribution < 1.29 is 14.3 Å². The van der Waals surface area contributed by atoms with Crippen LogP contribution >= 0.6 is 11.3 Å². The van der Waals surface area contributed by atoms with Crippen LogP contribution in [-0.2, 0) is 4.79 Å². The standard InChI is InChI=1S/C19H17N5O3S/c1-12-7-3-5-9-14(12)27-11-16(25)20-18-23-24-17(21-22-19(24)28-18)13-8-4-6-10-15(13)26-2/h3-10H,11H2,1-2H3,(H,20,23,25). The van der Waals surface area contributed by atoms with Crippen molar-refractivity contribution in [3.8, 4) is 22.9 Å². The third-order valence-electron chi connectivity index (χ3n) is 4.04. The van der Waals surface area contributed by atoms with E-state index in [0.29, 0.717) is 27.4 Å². The molecule has 2 heterocycles. The molecule has 0 unspecified atom stereocenters. The van der Waals surface area contributed by atoms with Crippen molar-refractivity contribution in [3.63, 3.8) is 0 Å². The minimum Gasteiger partial charge on any atom is -0.496 e. The van der Waals surface area contributed by atoms with Crippen molar-refractivity contribution in [3.05, 3.63) is 54.1 Å². The minimum absolute atomic E-state index is 0.107. The summed E-state index contributed by atoms with van der Waals surface area (Å²) in [7, 11) is 1.60. The molecular formula is C19H17N5O3S. The van der Waals surface area contributed by atoms with Gasteiger partial charge in [0.2, 0.25) is 10.1 Å². The Morgan fingerprint density at radius 3 is 2.64 bits per heavy atom. The topological polar surface area (TPSA) is 90.6 Å². The van der Waals surface area contributed by atoms with Gasteiger partial charge in [0.15, 0.2) is 12.4 Å². The van der Waals surface area contributed by atoms with Gasteiger partial charge >= 0.3 is 0 Å². The number of hydrogen-bond donors (Lipinski definition) is 1. The molecule has 0 spiro atoms. The number of hydrogen-bond acceptors (Lipinski definition) is 7. The van der Waals surface area contributed by atoms with E-state index in [1.54, 1.807) is 11.6 Å². The van der Waals surface area contributed by atoms with Gasteiger partial charge in [0, 0.05) is 0 Å². The Labute approximate surface area is 164 Å². The summed E-state index contributed by atoms with van der Waals surface area (Å²) in [6.45, 7) is 1.82. The highest BCUT2D eigenvalue weighted by Gasteiger charge is 2.17. The number of amides is 1. The van der Waals surface area contributed by atoms with Crippen molar-refractivity contribution in [2.75, 3.05) is 19.0 Å². The number of aryl methyl sites for hydroxylation is 1. The molecule has 0 bridgehead atoms. The summed E-state index contributed by atoms with van der Waals surface area (Å²) in [6, 6.07) is 15.0. The second kappa shape index (κ2) is 7.65. The lowest BCUT2D eigenvalue weighted by molar-refractivity contribution is -0.118. The molecule has 0 aliphatic rings. The van der Waals surface area contributed by atoms with E-state index in [0.717, 1.165) is 11.1 Å². The summed E-state index contributed by atoms with van der Waals surface area (Å²) in [5.74, 6) is 1.59. The van der Waals surface area contributed by atoms with Gasteiger partial charge in [0.25, 0.3) is 5.91 Å². The number of carbonyl (C=O) groups is 1. The summed E-state index contributed by atoms with van der Waals surface area (Å²) >= 11 is 1.23. The smallest absolute Gasteiger partial charge is 0.264 e. The molecule has 1 N–H and O–H groups in total. The van der Waals surface area contributed by atoms with Crippen molar-refractivity contribution in [2.45, 2.75) is 6.92 Å². The van der Waals surface area contributed by atoms with Crippen LogP contribution in [0.3, 0.4) is 0 Å². The zero-order valence-corrected chi connectivity index (χ0v) is 16.1. The zero-order valence-electron chi connectivity index (χ0n) is 15.2. The highest BCUT2D eigenvalue weighted by atomic mass is 32.1. The molecular weight excluding hydrogens is 378 g/mol. The minimum atomic E-state index is -0.299. The summed E-state index contributed by atoms with van der Waals surface area (Å²) < 4.78 is 12.5. The average Bonchev–Trinajstić information content (AvgIpc) is 3.27. The van der Waals surface area contributed by atoms with Gasteiger partial charge < -0.3 is 9.47 Å². The molecule has 2 aromatic carbocycles. The van der Waals surface area contributed by atoms with Crippen LogP contribution in [0.25, 0.3) is 16.3 Å². The van der Waals surface area contributed by atoms with E-state index in [-0.39, 0.29) is 12.5 Å². The average molecular weight is 395 g/mol. The Morgan fingerprint density at radius 2 is 1.86 bits per heavy atom. The first-order valence-corrected chi connectivity index (χ1v) is 9.31. The molecule has 9 heteroatoms. The summed E-state index contributed by atoms with van der Waals surface area (Å²) in [4.78, 5) is 12.8. The number of methoxy groups -OCH3 is 1. The van der Waals surface area contributed by atoms with Crippen LogP contribution in [0.1, 0.15) is 5.56 Å². The molecule has 8 nitrogen and oxygen atoms in total. The molecule has 0 fully saturated rings. The molecule has 4 aromatic rings. The highest BCUT2D eigenvalue weighted by molar-refractivity contribution is 7.20. The fraction of sp³-hybridized carbons (Fsp3) is 0.158. The zero-order chi connectivity index (χ0) is 19.5. The molecule has 0 radical (unpaired) electrons. The van der Waals surface area contributed by atoms with Crippen LogP contribution in [-0.4, -0.2) is 39.4 Å². The van der Waals surface area contributed by atoms with Crippen LogP contribution in [0, 0.1) is 6.92 Å². The van der Waals surface area contributed by atoms with E-state index in [1.165, 1.54) is 11.3 Å². The molecule has 28 heavy (non-hydrogen) atoms. The molecule has 0 atom stereocenters. The normalized spacial score (nSPS) is 10.8. The van der Waals surface area contributed by atoms with Crippen molar-refractivity contribution >= 4 is 27.3 Å². The van der Waals surface area contributed by atoms with Gasteiger partial charge in [-0.15, -0.1) is 15.3 Å². The predicted octanol–water partition coefficient (Wildman–Crippen LogP) is 3.19. The van der Waals surface area contributed by atoms with Crippen LogP contribution < -0.4 is 14.8 Å². The fourth-order valence-corrected chi connectivity index (χ4v) is 3.44. The Hall–Kier alpha value is -3.46. The molecule has 0 aliphatic carbocycles. The third kappa shape index (κ3) is 3.52. The van der Waals surface area contributed by atoms with E-state index in [9.17, 15) is 4.79 Å². The maximum atomic E-state index is 12.2. The largest absolute Gasteiger partial charge is 0.496 e. The van der Waals surface area contributed by atoms with Gasteiger partial charge in [0.05, 0.1) is 12.7 Å². The number of benzene rings is 2. The number of carbonyl (C=O) groups excluding carboxylic acids is 1. The number of anilines is 1. The molecule has 1 amide bonds. The number of nitrogens with one attached hydrogen (secondary N) is 1. The molecule has 2 aromatic heterocycles. The maximum Gasteiger partial charge on any atom is 0.264 e. The lowest BCUT2D eigenvalue weighted by Crippen LogP contribution is -2.20. The number of aromatic nitrogens is 4. The van der Waals surface area contributed by atoms with Crippen LogP contribution in [0.5, 0.6) is 11.5 Å². The molecule has 0 aliphatic heterocycles. The number of fused-ring (bicyclic) bond motifs is 1. The molecule has 0 saturated heterocycles. The van der Waals surface area contributed by atoms with Gasteiger partial charge in [-0.1, -0.05) is 41.7 Å². The Kier molecular flexibility index (Phi) is 4.90. The first-order valence-electron chi connectivity index (χ1n) is 8.49. The lowest BCUT2D eigenvalue weighted by Gasteiger charge is -2.07. The highest BCUT2D eigenvalue weighted by Crippen LogP contribution is 2.30. The molecule has 142 valence electrons. The summed E-state index contributed by atoms with van der Waals surface area (Å²) in [6.07, 6.45) is 0. The Morgan fingerprint density at radius 1 is 1.11 bits per heavy atom. The van der Waals surface area contributed by atoms with E-state index in [1.807, 2.05) is 55.5 Å². The van der Waals surface area contributed by atoms with Gasteiger partial charge in [-0.05, 0) is 30.7 Å². The monoisotopic (exact) mass is 395 g/mol. The van der Waals surface area contributed by atoms with Gasteiger partial charge in [-0.3, -0.25) is 10.1 Å². The summed E-state index contributed by atoms with van der Waals surface area (Å²) in [5, 5.41) is 15.9. The SMILES string of the molecule is COc1ccccc1-c1nnc2sc(NC(=O)COc3ccccc3C)nn12. The second-order valence-electron chi connectivity index (χ2n) is 5.93. The van der Waals surface area contributed by atoms with Crippen LogP contribution in [0.2, 0.25) is 0 Å². The number of ether oxygens (including phenoxy) is 2. The quantitative estimate of drug-likeness (QED) is 0.539. The Bertz CT molecular complexity index is 1140. The van der Waals surface area contributed by atoms with Gasteiger partial charge in [-0.25, -0.2) is 0 Å². The molecule has 4 rings (SSSR count). The second-order valence-corrected chi connectivity index (χ2v) is 6.88. The van der Waals surface area contributed by atoms with Crippen LogP contribution in [0.4, 0.5) is 5.13 Å². The number of nitrogens with zero attached hydrogens (tertiary/aromatic N) is 4. The number of para-hydroxylation sites is 2. The van der Waals surface area contributed by atoms with E-state index in [4.69, 9.17) is 9.47 Å². The van der Waals surface area contributed by atoms with Gasteiger partial charge in [-0.2, -0.15) is 4.52 Å². The van der Waals surface area contributed by atoms with E-state index in [2.05, 4.69) is 20.6 Å². The summed E-state index contributed by atoms with van der Waals surface area (Å²) in [5.41, 5.74) is 1.74. The van der Waals surface area contributed by atoms with Gasteiger partial charge in [0.1, 0.15) is 11.5 Å². The predicted molar refractivity (Wildman–Crippen MR) is 106 cm³/mol. The maximum absolute atomic E-state index is 12.2. The fourth-order valence-electron chi connectivity index (χ4n) is 2.68. The lowest BCUT2D eigenvalue weighted by atomic mass is 10.2. The number of rotatable bonds is 6. The van der Waals surface area contributed by atoms with E-state index < -0.39 is 0 Å². The van der Waals surface area contributed by atoms with Crippen molar-refractivity contribution in [1.29, 1.82) is 0 Å². The first-order chi connectivity index (χ1) is 13.7.